The Morgan fingerprint density at radius 1 is 1.55 bits per heavy atom. The molecule has 2 N–H and O–H groups in total. The van der Waals surface area contributed by atoms with Gasteiger partial charge in [-0.3, -0.25) is 4.79 Å². The van der Waals surface area contributed by atoms with E-state index in [1.54, 1.807) is 12.1 Å². The molecule has 20 heavy (non-hydrogen) atoms. The lowest BCUT2D eigenvalue weighted by Gasteiger charge is -2.36. The summed E-state index contributed by atoms with van der Waals surface area (Å²) >= 11 is 5.87. The third-order valence-electron chi connectivity index (χ3n) is 3.62. The van der Waals surface area contributed by atoms with Gasteiger partial charge < -0.3 is 15.4 Å². The van der Waals surface area contributed by atoms with Gasteiger partial charge in [-0.2, -0.15) is 0 Å². The Balaban J connectivity index is 1.78. The van der Waals surface area contributed by atoms with Crippen molar-refractivity contribution in [1.29, 1.82) is 0 Å². The summed E-state index contributed by atoms with van der Waals surface area (Å²) in [6, 6.07) is 7.63. The molecule has 1 aliphatic heterocycles. The molecule has 0 bridgehead atoms. The van der Waals surface area contributed by atoms with Crippen LogP contribution in [0.1, 0.15) is 26.2 Å². The molecule has 1 aromatic carbocycles. The van der Waals surface area contributed by atoms with Crippen molar-refractivity contribution in [2.45, 2.75) is 38.3 Å². The first-order valence-corrected chi connectivity index (χ1v) is 7.37. The Labute approximate surface area is 124 Å². The van der Waals surface area contributed by atoms with Crippen molar-refractivity contribution in [3.63, 3.8) is 0 Å². The van der Waals surface area contributed by atoms with Crippen LogP contribution in [0, 0.1) is 0 Å². The first-order chi connectivity index (χ1) is 9.56. The van der Waals surface area contributed by atoms with Crippen molar-refractivity contribution in [1.82, 2.24) is 4.90 Å². The van der Waals surface area contributed by atoms with E-state index in [9.17, 15) is 4.79 Å². The third kappa shape index (κ3) is 4.12. The van der Waals surface area contributed by atoms with Crippen molar-refractivity contribution in [3.05, 3.63) is 29.3 Å². The molecule has 0 spiro atoms. The van der Waals surface area contributed by atoms with E-state index < -0.39 is 0 Å². The van der Waals surface area contributed by atoms with Crippen molar-refractivity contribution in [2.75, 3.05) is 13.2 Å². The Hall–Kier alpha value is -1.26. The van der Waals surface area contributed by atoms with E-state index in [-0.39, 0.29) is 18.0 Å². The zero-order valence-corrected chi connectivity index (χ0v) is 12.5. The maximum absolute atomic E-state index is 12.2. The van der Waals surface area contributed by atoms with Gasteiger partial charge in [0.05, 0.1) is 13.0 Å². The fourth-order valence-corrected chi connectivity index (χ4v) is 2.72. The van der Waals surface area contributed by atoms with Crippen LogP contribution >= 0.6 is 11.6 Å². The zero-order valence-electron chi connectivity index (χ0n) is 11.7. The van der Waals surface area contributed by atoms with E-state index in [4.69, 9.17) is 22.1 Å². The Bertz CT molecular complexity index is 467. The molecular weight excluding hydrogens is 276 g/mol. The molecule has 0 saturated carbocycles. The summed E-state index contributed by atoms with van der Waals surface area (Å²) in [7, 11) is 0. The zero-order chi connectivity index (χ0) is 14.5. The van der Waals surface area contributed by atoms with Crippen LogP contribution in [0.25, 0.3) is 0 Å². The largest absolute Gasteiger partial charge is 0.493 e. The van der Waals surface area contributed by atoms with Crippen LogP contribution in [0.4, 0.5) is 0 Å². The van der Waals surface area contributed by atoms with Crippen molar-refractivity contribution in [3.8, 4) is 5.75 Å². The standard InChI is InChI=1S/C15H21ClN2O2/c1-11-9-13(17)5-7-18(11)15(19)6-8-20-14-4-2-3-12(16)10-14/h2-4,10-11,13H,5-9,17H2,1H3/t11-,13-/m1/s1. The number of benzene rings is 1. The molecule has 0 aromatic heterocycles. The number of halogens is 1. The number of nitrogens with zero attached hydrogens (tertiary/aromatic N) is 1. The smallest absolute Gasteiger partial charge is 0.226 e. The summed E-state index contributed by atoms with van der Waals surface area (Å²) in [5, 5.41) is 0.632. The average Bonchev–Trinajstić information content (AvgIpc) is 2.38. The molecule has 0 radical (unpaired) electrons. The first kappa shape index (κ1) is 15.1. The average molecular weight is 297 g/mol. The lowest BCUT2D eigenvalue weighted by molar-refractivity contribution is -0.135. The minimum absolute atomic E-state index is 0.131. The van der Waals surface area contributed by atoms with E-state index in [1.807, 2.05) is 17.0 Å². The predicted octanol–water partition coefficient (Wildman–Crippen LogP) is 2.45. The van der Waals surface area contributed by atoms with Gasteiger partial charge in [0.1, 0.15) is 5.75 Å². The van der Waals surface area contributed by atoms with Gasteiger partial charge in [-0.15, -0.1) is 0 Å². The van der Waals surface area contributed by atoms with Crippen molar-refractivity contribution >= 4 is 17.5 Å². The molecule has 0 unspecified atom stereocenters. The Morgan fingerprint density at radius 2 is 2.35 bits per heavy atom. The van der Waals surface area contributed by atoms with Crippen LogP contribution < -0.4 is 10.5 Å². The molecule has 110 valence electrons. The van der Waals surface area contributed by atoms with Crippen LogP contribution in [0.3, 0.4) is 0 Å². The number of hydrogen-bond acceptors (Lipinski definition) is 3. The predicted molar refractivity (Wildman–Crippen MR) is 79.9 cm³/mol. The highest BCUT2D eigenvalue weighted by atomic mass is 35.5. The maximum atomic E-state index is 12.2. The molecule has 2 rings (SSSR count). The summed E-state index contributed by atoms with van der Waals surface area (Å²) in [6.45, 7) is 3.17. The molecule has 1 saturated heterocycles. The number of carbonyl (C=O) groups excluding carboxylic acids is 1. The number of likely N-dealkylation sites (tertiary alicyclic amines) is 1. The van der Waals surface area contributed by atoms with E-state index in [2.05, 4.69) is 6.92 Å². The fourth-order valence-electron chi connectivity index (χ4n) is 2.54. The molecule has 2 atom stereocenters. The highest BCUT2D eigenvalue weighted by molar-refractivity contribution is 6.30. The summed E-state index contributed by atoms with van der Waals surface area (Å²) in [5.41, 5.74) is 5.90. The monoisotopic (exact) mass is 296 g/mol. The summed E-state index contributed by atoms with van der Waals surface area (Å²) in [5.74, 6) is 0.824. The molecule has 5 heteroatoms. The number of nitrogens with two attached hydrogens (primary N) is 1. The van der Waals surface area contributed by atoms with Gasteiger partial charge in [0, 0.05) is 23.7 Å². The second-order valence-corrected chi connectivity index (χ2v) is 5.71. The van der Waals surface area contributed by atoms with Crippen LogP contribution in [-0.4, -0.2) is 36.0 Å². The van der Waals surface area contributed by atoms with Gasteiger partial charge in [0.15, 0.2) is 0 Å². The van der Waals surface area contributed by atoms with Gasteiger partial charge in [-0.25, -0.2) is 0 Å². The third-order valence-corrected chi connectivity index (χ3v) is 3.85. The number of amides is 1. The molecule has 1 aliphatic rings. The van der Waals surface area contributed by atoms with E-state index in [0.717, 1.165) is 19.4 Å². The van der Waals surface area contributed by atoms with Gasteiger partial charge in [0.2, 0.25) is 5.91 Å². The lowest BCUT2D eigenvalue weighted by atomic mass is 9.99. The molecular formula is C15H21ClN2O2. The van der Waals surface area contributed by atoms with Crippen LogP contribution in [0.2, 0.25) is 5.02 Å². The minimum Gasteiger partial charge on any atom is -0.493 e. The Kier molecular flexibility index (Phi) is 5.26. The van der Waals surface area contributed by atoms with Crippen LogP contribution in [0.15, 0.2) is 24.3 Å². The maximum Gasteiger partial charge on any atom is 0.226 e. The number of carbonyl (C=O) groups is 1. The SMILES string of the molecule is C[C@@H]1C[C@H](N)CCN1C(=O)CCOc1cccc(Cl)c1. The number of hydrogen-bond donors (Lipinski definition) is 1. The number of piperidine rings is 1. The molecule has 1 aromatic rings. The van der Waals surface area contributed by atoms with Gasteiger partial charge >= 0.3 is 0 Å². The normalized spacial score (nSPS) is 22.6. The lowest BCUT2D eigenvalue weighted by Crippen LogP contribution is -2.48. The molecule has 1 heterocycles. The highest BCUT2D eigenvalue weighted by Gasteiger charge is 2.26. The summed E-state index contributed by atoms with van der Waals surface area (Å²) < 4.78 is 5.55. The van der Waals surface area contributed by atoms with Crippen LogP contribution in [0.5, 0.6) is 5.75 Å². The van der Waals surface area contributed by atoms with E-state index in [0.29, 0.717) is 23.8 Å². The van der Waals surface area contributed by atoms with Gasteiger partial charge in [0.25, 0.3) is 0 Å². The van der Waals surface area contributed by atoms with Gasteiger partial charge in [-0.05, 0) is 38.0 Å². The second-order valence-electron chi connectivity index (χ2n) is 5.28. The molecule has 0 aliphatic carbocycles. The van der Waals surface area contributed by atoms with E-state index >= 15 is 0 Å². The van der Waals surface area contributed by atoms with E-state index in [1.165, 1.54) is 0 Å². The quantitative estimate of drug-likeness (QED) is 0.928. The minimum atomic E-state index is 0.131. The molecule has 4 nitrogen and oxygen atoms in total. The topological polar surface area (TPSA) is 55.6 Å². The van der Waals surface area contributed by atoms with Crippen molar-refractivity contribution in [2.24, 2.45) is 5.73 Å². The molecule has 1 amide bonds. The molecule has 1 fully saturated rings. The highest BCUT2D eigenvalue weighted by Crippen LogP contribution is 2.19. The number of rotatable bonds is 4. The fraction of sp³-hybridized carbons (Fsp3) is 0.533. The summed E-state index contributed by atoms with van der Waals surface area (Å²) in [6.07, 6.45) is 2.14. The Morgan fingerprint density at radius 3 is 3.05 bits per heavy atom. The van der Waals surface area contributed by atoms with Crippen molar-refractivity contribution < 1.29 is 9.53 Å². The summed E-state index contributed by atoms with van der Waals surface area (Å²) in [4.78, 5) is 14.1. The second kappa shape index (κ2) is 6.95. The van der Waals surface area contributed by atoms with Gasteiger partial charge in [-0.1, -0.05) is 17.7 Å². The first-order valence-electron chi connectivity index (χ1n) is 6.99. The number of ether oxygens (including phenoxy) is 1. The van der Waals surface area contributed by atoms with Crippen LogP contribution in [-0.2, 0) is 4.79 Å².